The predicted molar refractivity (Wildman–Crippen MR) is 104 cm³/mol. The molecule has 0 radical (unpaired) electrons. The zero-order valence-corrected chi connectivity index (χ0v) is 15.7. The minimum atomic E-state index is -1.16. The molecule has 0 bridgehead atoms. The molecule has 28 heavy (non-hydrogen) atoms. The molecule has 16 N–H and O–H groups in total. The Morgan fingerprint density at radius 2 is 0.679 bits per heavy atom. The van der Waals surface area contributed by atoms with Gasteiger partial charge in [-0.1, -0.05) is 20.6 Å². The smallest absolute Gasteiger partial charge is 0.139 e. The van der Waals surface area contributed by atoms with Crippen LogP contribution in [0.4, 0.5) is 0 Å². The van der Waals surface area contributed by atoms with Gasteiger partial charge in [-0.15, -0.1) is 0 Å². The van der Waals surface area contributed by atoms with Crippen LogP contribution in [-0.4, -0.2) is 55.2 Å². The summed E-state index contributed by atoms with van der Waals surface area (Å²) in [6.45, 7) is 0. The second-order valence-corrected chi connectivity index (χ2v) is 6.68. The molecule has 0 aromatic carbocycles. The van der Waals surface area contributed by atoms with Gasteiger partial charge in [-0.25, -0.2) is 0 Å². The van der Waals surface area contributed by atoms with Gasteiger partial charge in [-0.3, -0.25) is 0 Å². The Morgan fingerprint density at radius 3 is 0.821 bits per heavy atom. The lowest BCUT2D eigenvalue weighted by Crippen LogP contribution is -2.66. The molecule has 0 aliphatic rings. The van der Waals surface area contributed by atoms with Crippen molar-refractivity contribution in [2.45, 2.75) is 62.4 Å². The highest BCUT2D eigenvalue weighted by Gasteiger charge is 2.45. The van der Waals surface area contributed by atoms with E-state index in [4.69, 9.17) is 55.2 Å². The number of oxime groups is 4. The van der Waals surface area contributed by atoms with Crippen molar-refractivity contribution < 1.29 is 20.8 Å². The van der Waals surface area contributed by atoms with Crippen molar-refractivity contribution in [1.29, 1.82) is 0 Å². The van der Waals surface area contributed by atoms with Crippen LogP contribution in [0, 0.1) is 0 Å². The van der Waals surface area contributed by atoms with E-state index in [1.807, 2.05) is 0 Å². The largest absolute Gasteiger partial charge is 0.409 e. The van der Waals surface area contributed by atoms with Crippen molar-refractivity contribution in [3.63, 3.8) is 0 Å². The van der Waals surface area contributed by atoms with Gasteiger partial charge in [0, 0.05) is 36.8 Å². The Morgan fingerprint density at radius 1 is 0.500 bits per heavy atom. The Balaban J connectivity index is 5.83. The maximum absolute atomic E-state index is 8.81. The predicted octanol–water partition coefficient (Wildman–Crippen LogP) is -1.51. The zero-order chi connectivity index (χ0) is 21.8. The van der Waals surface area contributed by atoms with Crippen molar-refractivity contribution in [1.82, 2.24) is 0 Å². The summed E-state index contributed by atoms with van der Waals surface area (Å²) in [6.07, 6.45) is 1.22. The molecule has 0 aliphatic carbocycles. The molecule has 0 aromatic rings. The molecule has 14 nitrogen and oxygen atoms in total. The lowest BCUT2D eigenvalue weighted by Gasteiger charge is -2.47. The second-order valence-electron chi connectivity index (χ2n) is 6.68. The van der Waals surface area contributed by atoms with E-state index in [9.17, 15) is 0 Å². The van der Waals surface area contributed by atoms with Crippen molar-refractivity contribution in [2.75, 3.05) is 0 Å². The maximum atomic E-state index is 8.81. The van der Waals surface area contributed by atoms with Gasteiger partial charge >= 0.3 is 0 Å². The van der Waals surface area contributed by atoms with E-state index < -0.39 is 11.1 Å². The highest BCUT2D eigenvalue weighted by atomic mass is 16.4. The van der Waals surface area contributed by atoms with Crippen molar-refractivity contribution in [3.8, 4) is 0 Å². The lowest BCUT2D eigenvalue weighted by atomic mass is 9.67. The van der Waals surface area contributed by atoms with Gasteiger partial charge in [0.25, 0.3) is 0 Å². The van der Waals surface area contributed by atoms with Gasteiger partial charge in [0.05, 0.1) is 0 Å². The number of hydrogen-bond acceptors (Lipinski definition) is 10. The van der Waals surface area contributed by atoms with Gasteiger partial charge in [0.1, 0.15) is 23.3 Å². The molecule has 0 saturated carbocycles. The molecular formula is C14H32N10O4. The van der Waals surface area contributed by atoms with Gasteiger partial charge in [-0.2, -0.15) is 0 Å². The average molecular weight is 404 g/mol. The molecule has 0 aromatic heterocycles. The van der Waals surface area contributed by atoms with Crippen LogP contribution in [0.3, 0.4) is 0 Å². The third kappa shape index (κ3) is 7.71. The van der Waals surface area contributed by atoms with E-state index in [1.165, 1.54) is 0 Å². The summed E-state index contributed by atoms with van der Waals surface area (Å²) in [4.78, 5) is 0. The number of amidine groups is 4. The number of hydrogen-bond donors (Lipinski definition) is 10. The standard InChI is InChI=1S/C14H32N10O4/c15-9(21-25)1-5-13(19,6-2-10(16)22-26)14(20,7-3-11(17)23-27)8-4-12(18)24-28/h25-28H,1-8,19-20H2,(H2,15,21)(H2,16,22)(H2,17,23)(H2,18,24). The Bertz CT molecular complexity index is 509. The van der Waals surface area contributed by atoms with E-state index in [1.54, 1.807) is 0 Å². The van der Waals surface area contributed by atoms with E-state index in [0.29, 0.717) is 0 Å². The molecule has 0 atom stereocenters. The molecule has 14 heteroatoms. The third-order valence-electron chi connectivity index (χ3n) is 4.81. The number of nitrogens with two attached hydrogens (primary N) is 6. The van der Waals surface area contributed by atoms with Crippen LogP contribution in [0.15, 0.2) is 20.6 Å². The van der Waals surface area contributed by atoms with Gasteiger partial charge < -0.3 is 55.2 Å². The van der Waals surface area contributed by atoms with E-state index in [2.05, 4.69) is 20.6 Å². The third-order valence-corrected chi connectivity index (χ3v) is 4.81. The van der Waals surface area contributed by atoms with Crippen LogP contribution in [-0.2, 0) is 0 Å². The van der Waals surface area contributed by atoms with Crippen molar-refractivity contribution >= 4 is 23.3 Å². The quantitative estimate of drug-likeness (QED) is 0.0731. The average Bonchev–Trinajstić information content (AvgIpc) is 2.71. The van der Waals surface area contributed by atoms with Crippen molar-refractivity contribution in [3.05, 3.63) is 0 Å². The maximum Gasteiger partial charge on any atom is 0.139 e. The highest BCUT2D eigenvalue weighted by Crippen LogP contribution is 2.35. The molecule has 0 rings (SSSR count). The zero-order valence-electron chi connectivity index (χ0n) is 15.7. The summed E-state index contributed by atoms with van der Waals surface area (Å²) in [7, 11) is 0. The number of nitrogens with zero attached hydrogens (tertiary/aromatic N) is 4. The Hall–Kier alpha value is -3.00. The first-order valence-corrected chi connectivity index (χ1v) is 8.50. The summed E-state index contributed by atoms with van der Waals surface area (Å²) >= 11 is 0. The molecule has 0 amide bonds. The summed E-state index contributed by atoms with van der Waals surface area (Å²) in [6, 6.07) is 0. The van der Waals surface area contributed by atoms with Gasteiger partial charge in [0.15, 0.2) is 0 Å². The van der Waals surface area contributed by atoms with Crippen LogP contribution in [0.25, 0.3) is 0 Å². The van der Waals surface area contributed by atoms with Crippen LogP contribution in [0.2, 0.25) is 0 Å². The Kier molecular flexibility index (Phi) is 10.4. The minimum Gasteiger partial charge on any atom is -0.409 e. The lowest BCUT2D eigenvalue weighted by molar-refractivity contribution is 0.172. The molecule has 0 unspecified atom stereocenters. The SMILES string of the molecule is NC(CCC(N)(CCC(N)=NO)C(N)(CCC(N)=NO)CCC(N)=NO)=NO. The fourth-order valence-electron chi connectivity index (χ4n) is 2.85. The van der Waals surface area contributed by atoms with Gasteiger partial charge in [0.2, 0.25) is 0 Å². The van der Waals surface area contributed by atoms with Crippen LogP contribution >= 0.6 is 0 Å². The topological polar surface area (TPSA) is 286 Å². The first-order chi connectivity index (χ1) is 13.1. The highest BCUT2D eigenvalue weighted by molar-refractivity contribution is 5.81. The normalized spacial score (nSPS) is 18.5. The summed E-state index contributed by atoms with van der Waals surface area (Å²) < 4.78 is 0. The molecule has 0 saturated heterocycles. The van der Waals surface area contributed by atoms with Gasteiger partial charge in [-0.05, 0) is 25.7 Å². The fourth-order valence-corrected chi connectivity index (χ4v) is 2.85. The summed E-state index contributed by atoms with van der Waals surface area (Å²) in [5.41, 5.74) is 33.2. The first-order valence-electron chi connectivity index (χ1n) is 8.50. The summed E-state index contributed by atoms with van der Waals surface area (Å²) in [5, 5.41) is 46.9. The number of rotatable bonds is 13. The fraction of sp³-hybridized carbons (Fsp3) is 0.714. The molecule has 0 fully saturated rings. The monoisotopic (exact) mass is 404 g/mol. The van der Waals surface area contributed by atoms with E-state index >= 15 is 0 Å². The Labute approximate surface area is 162 Å². The van der Waals surface area contributed by atoms with Crippen LogP contribution in [0.5, 0.6) is 0 Å². The molecule has 0 aliphatic heterocycles. The van der Waals surface area contributed by atoms with Crippen LogP contribution in [0.1, 0.15) is 51.4 Å². The van der Waals surface area contributed by atoms with E-state index in [-0.39, 0.29) is 74.7 Å². The first kappa shape index (κ1) is 25.0. The molecule has 0 heterocycles. The van der Waals surface area contributed by atoms with Crippen LogP contribution < -0.4 is 34.4 Å². The second kappa shape index (κ2) is 11.7. The molecular weight excluding hydrogens is 372 g/mol. The van der Waals surface area contributed by atoms with Crippen molar-refractivity contribution in [2.24, 2.45) is 55.0 Å². The summed E-state index contributed by atoms with van der Waals surface area (Å²) in [5.74, 6) is -0.189. The van der Waals surface area contributed by atoms with E-state index in [0.717, 1.165) is 0 Å². The molecule has 162 valence electrons. The minimum absolute atomic E-state index is 0.0474. The molecule has 0 spiro atoms.